The number of nitro benzene ring substituents is 1. The molecule has 1 N–H and O–H groups in total. The highest BCUT2D eigenvalue weighted by Gasteiger charge is 2.17. The highest BCUT2D eigenvalue weighted by Crippen LogP contribution is 2.29. The number of hydrogen-bond acceptors (Lipinski definition) is 8. The van der Waals surface area contributed by atoms with Gasteiger partial charge >= 0.3 is 0 Å². The standard InChI is InChI=1S/C19H18N4O5S/c1-27-15-8-7-12(9-16(15)28-2)10-18-21-22-19(29-18)20-17(24)11-13-5-3-4-6-14(13)23(25)26/h3-9H,10-11H2,1-2H3,(H,20,22,24). The van der Waals surface area contributed by atoms with Crippen molar-refractivity contribution in [1.29, 1.82) is 0 Å². The number of para-hydroxylation sites is 1. The summed E-state index contributed by atoms with van der Waals surface area (Å²) in [5.74, 6) is 0.858. The Hall–Kier alpha value is -3.53. The molecule has 0 bridgehead atoms. The van der Waals surface area contributed by atoms with Crippen LogP contribution >= 0.6 is 11.3 Å². The van der Waals surface area contributed by atoms with Crippen molar-refractivity contribution in [1.82, 2.24) is 10.2 Å². The van der Waals surface area contributed by atoms with Crippen LogP contribution in [0.5, 0.6) is 11.5 Å². The van der Waals surface area contributed by atoms with Gasteiger partial charge < -0.3 is 14.8 Å². The molecule has 0 saturated heterocycles. The summed E-state index contributed by atoms with van der Waals surface area (Å²) in [6.45, 7) is 0. The number of carbonyl (C=O) groups is 1. The Bertz CT molecular complexity index is 1040. The Morgan fingerprint density at radius 1 is 1.14 bits per heavy atom. The number of ether oxygens (including phenoxy) is 2. The van der Waals surface area contributed by atoms with Gasteiger partial charge in [0.15, 0.2) is 11.5 Å². The van der Waals surface area contributed by atoms with Crippen molar-refractivity contribution in [2.75, 3.05) is 19.5 Å². The fourth-order valence-electron chi connectivity index (χ4n) is 2.72. The predicted octanol–water partition coefficient (Wildman–Crippen LogP) is 3.24. The van der Waals surface area contributed by atoms with E-state index in [9.17, 15) is 14.9 Å². The largest absolute Gasteiger partial charge is 0.493 e. The fourth-order valence-corrected chi connectivity index (χ4v) is 3.51. The molecule has 3 rings (SSSR count). The Morgan fingerprint density at radius 2 is 1.90 bits per heavy atom. The van der Waals surface area contributed by atoms with E-state index in [0.717, 1.165) is 5.56 Å². The van der Waals surface area contributed by atoms with Crippen molar-refractivity contribution in [2.24, 2.45) is 0 Å². The Labute approximate surface area is 170 Å². The quantitative estimate of drug-likeness (QED) is 0.444. The van der Waals surface area contributed by atoms with Crippen LogP contribution in [0, 0.1) is 10.1 Å². The highest BCUT2D eigenvalue weighted by molar-refractivity contribution is 7.15. The minimum Gasteiger partial charge on any atom is -0.493 e. The van der Waals surface area contributed by atoms with Crippen molar-refractivity contribution in [3.05, 3.63) is 68.7 Å². The molecule has 2 aromatic carbocycles. The van der Waals surface area contributed by atoms with Gasteiger partial charge in [0.25, 0.3) is 5.69 Å². The summed E-state index contributed by atoms with van der Waals surface area (Å²) in [5.41, 5.74) is 1.20. The van der Waals surface area contributed by atoms with Gasteiger partial charge in [0.1, 0.15) is 5.01 Å². The van der Waals surface area contributed by atoms with E-state index in [2.05, 4.69) is 15.5 Å². The molecule has 9 nitrogen and oxygen atoms in total. The number of aromatic nitrogens is 2. The first-order chi connectivity index (χ1) is 14.0. The number of nitro groups is 1. The lowest BCUT2D eigenvalue weighted by atomic mass is 10.1. The van der Waals surface area contributed by atoms with Gasteiger partial charge in [0.2, 0.25) is 11.0 Å². The third-order valence-electron chi connectivity index (χ3n) is 4.06. The van der Waals surface area contributed by atoms with Crippen LogP contribution in [-0.2, 0) is 17.6 Å². The third kappa shape index (κ3) is 5.05. The Morgan fingerprint density at radius 3 is 2.62 bits per heavy atom. The maximum atomic E-state index is 12.3. The molecule has 0 saturated carbocycles. The molecule has 0 unspecified atom stereocenters. The van der Waals surface area contributed by atoms with Crippen molar-refractivity contribution < 1.29 is 19.2 Å². The number of nitrogens with one attached hydrogen (secondary N) is 1. The number of carbonyl (C=O) groups excluding carboxylic acids is 1. The van der Waals surface area contributed by atoms with Crippen LogP contribution in [0.1, 0.15) is 16.1 Å². The summed E-state index contributed by atoms with van der Waals surface area (Å²) in [4.78, 5) is 22.8. The smallest absolute Gasteiger partial charge is 0.273 e. The molecule has 1 amide bonds. The molecule has 3 aromatic rings. The minimum absolute atomic E-state index is 0.0888. The third-order valence-corrected chi connectivity index (χ3v) is 4.89. The zero-order valence-corrected chi connectivity index (χ0v) is 16.6. The van der Waals surface area contributed by atoms with Gasteiger partial charge in [-0.15, -0.1) is 10.2 Å². The van der Waals surface area contributed by atoms with Gasteiger partial charge in [0, 0.05) is 18.1 Å². The van der Waals surface area contributed by atoms with Crippen LogP contribution in [0.25, 0.3) is 0 Å². The molecule has 150 valence electrons. The van der Waals surface area contributed by atoms with Crippen molar-refractivity contribution in [3.63, 3.8) is 0 Å². The lowest BCUT2D eigenvalue weighted by Gasteiger charge is -2.08. The topological polar surface area (TPSA) is 116 Å². The van der Waals surface area contributed by atoms with Crippen molar-refractivity contribution in [2.45, 2.75) is 12.8 Å². The summed E-state index contributed by atoms with van der Waals surface area (Å²) < 4.78 is 10.5. The summed E-state index contributed by atoms with van der Waals surface area (Å²) in [6, 6.07) is 11.7. The molecule has 0 spiro atoms. The Kier molecular flexibility index (Phi) is 6.35. The predicted molar refractivity (Wildman–Crippen MR) is 108 cm³/mol. The van der Waals surface area contributed by atoms with Gasteiger partial charge in [-0.05, 0) is 17.7 Å². The number of benzene rings is 2. The first kappa shape index (κ1) is 20.2. The second-order valence-corrected chi connectivity index (χ2v) is 7.04. The number of amides is 1. The molecule has 0 aliphatic carbocycles. The van der Waals surface area contributed by atoms with Crippen LogP contribution in [0.4, 0.5) is 10.8 Å². The summed E-state index contributed by atoms with van der Waals surface area (Å²) >= 11 is 1.24. The number of hydrogen-bond donors (Lipinski definition) is 1. The molecule has 0 fully saturated rings. The second kappa shape index (κ2) is 9.11. The minimum atomic E-state index is -0.505. The van der Waals surface area contributed by atoms with E-state index in [0.29, 0.717) is 33.6 Å². The highest BCUT2D eigenvalue weighted by atomic mass is 32.1. The van der Waals surface area contributed by atoms with E-state index in [1.54, 1.807) is 32.4 Å². The first-order valence-corrected chi connectivity index (χ1v) is 9.37. The monoisotopic (exact) mass is 414 g/mol. The molecular formula is C19H18N4O5S. The molecule has 0 aliphatic rings. The zero-order chi connectivity index (χ0) is 20.8. The van der Waals surface area contributed by atoms with E-state index in [1.807, 2.05) is 18.2 Å². The van der Waals surface area contributed by atoms with Crippen LogP contribution in [0.3, 0.4) is 0 Å². The van der Waals surface area contributed by atoms with E-state index in [4.69, 9.17) is 9.47 Å². The average Bonchev–Trinajstić information content (AvgIpc) is 3.14. The van der Waals surface area contributed by atoms with E-state index in [-0.39, 0.29) is 12.1 Å². The van der Waals surface area contributed by atoms with Gasteiger partial charge in [0.05, 0.1) is 25.6 Å². The summed E-state index contributed by atoms with van der Waals surface area (Å²) in [7, 11) is 3.14. The molecule has 10 heteroatoms. The maximum Gasteiger partial charge on any atom is 0.273 e. The van der Waals surface area contributed by atoms with E-state index < -0.39 is 10.8 Å². The molecule has 0 radical (unpaired) electrons. The van der Waals surface area contributed by atoms with Crippen LogP contribution in [0.15, 0.2) is 42.5 Å². The van der Waals surface area contributed by atoms with Gasteiger partial charge in [-0.25, -0.2) is 0 Å². The van der Waals surface area contributed by atoms with E-state index in [1.165, 1.54) is 17.4 Å². The van der Waals surface area contributed by atoms with Gasteiger partial charge in [-0.2, -0.15) is 0 Å². The van der Waals surface area contributed by atoms with Crippen LogP contribution in [0.2, 0.25) is 0 Å². The molecule has 1 aromatic heterocycles. The molecule has 29 heavy (non-hydrogen) atoms. The van der Waals surface area contributed by atoms with Crippen molar-refractivity contribution >= 4 is 28.1 Å². The first-order valence-electron chi connectivity index (χ1n) is 8.55. The van der Waals surface area contributed by atoms with Crippen LogP contribution < -0.4 is 14.8 Å². The second-order valence-electron chi connectivity index (χ2n) is 5.98. The SMILES string of the molecule is COc1ccc(Cc2nnc(NC(=O)Cc3ccccc3[N+](=O)[O-])s2)cc1OC. The number of methoxy groups -OCH3 is 2. The van der Waals surface area contributed by atoms with Crippen molar-refractivity contribution in [3.8, 4) is 11.5 Å². The lowest BCUT2D eigenvalue weighted by Crippen LogP contribution is -2.15. The number of anilines is 1. The average molecular weight is 414 g/mol. The fraction of sp³-hybridized carbons (Fsp3) is 0.211. The molecule has 0 atom stereocenters. The Balaban J connectivity index is 1.65. The molecule has 1 heterocycles. The van der Waals surface area contributed by atoms with Gasteiger partial charge in [-0.1, -0.05) is 35.6 Å². The van der Waals surface area contributed by atoms with E-state index >= 15 is 0 Å². The molecule has 0 aliphatic heterocycles. The number of nitrogens with zero attached hydrogens (tertiary/aromatic N) is 3. The number of rotatable bonds is 8. The lowest BCUT2D eigenvalue weighted by molar-refractivity contribution is -0.385. The molecular weight excluding hydrogens is 396 g/mol. The maximum absolute atomic E-state index is 12.3. The zero-order valence-electron chi connectivity index (χ0n) is 15.7. The van der Waals surface area contributed by atoms with Gasteiger partial charge in [-0.3, -0.25) is 14.9 Å². The summed E-state index contributed by atoms with van der Waals surface area (Å²) in [5, 5.41) is 22.8. The normalized spacial score (nSPS) is 10.4. The summed E-state index contributed by atoms with van der Waals surface area (Å²) in [6.07, 6.45) is 0.389. The van der Waals surface area contributed by atoms with Crippen LogP contribution in [-0.4, -0.2) is 35.2 Å².